The average molecular weight is 434 g/mol. The largest absolute Gasteiger partial charge is 0.468 e. The van der Waals surface area contributed by atoms with Crippen LogP contribution < -0.4 is 0 Å². The molecule has 5 nitrogen and oxygen atoms in total. The van der Waals surface area contributed by atoms with E-state index < -0.39 is 0 Å². The van der Waals surface area contributed by atoms with Gasteiger partial charge in [0.25, 0.3) is 0 Å². The number of aromatic nitrogens is 2. The second-order valence-corrected chi connectivity index (χ2v) is 8.58. The SMILES string of the molecule is Cc1ccc(CN(Cc2ccco2)Cc2nnc(-c3ccc(Cl)cc3Cl)o2)s1. The highest BCUT2D eigenvalue weighted by molar-refractivity contribution is 7.11. The van der Waals surface area contributed by atoms with Crippen LogP contribution in [0.4, 0.5) is 0 Å². The first-order valence-electron chi connectivity index (χ1n) is 8.64. The summed E-state index contributed by atoms with van der Waals surface area (Å²) < 4.78 is 11.4. The van der Waals surface area contributed by atoms with Crippen molar-refractivity contribution in [3.63, 3.8) is 0 Å². The average Bonchev–Trinajstić information content (AvgIpc) is 3.39. The van der Waals surface area contributed by atoms with Crippen LogP contribution in [0.1, 0.15) is 21.4 Å². The smallest absolute Gasteiger partial charge is 0.249 e. The number of halogens is 2. The zero-order valence-electron chi connectivity index (χ0n) is 15.1. The summed E-state index contributed by atoms with van der Waals surface area (Å²) in [5, 5.41) is 9.38. The first-order chi connectivity index (χ1) is 13.6. The van der Waals surface area contributed by atoms with E-state index in [0.29, 0.717) is 40.5 Å². The van der Waals surface area contributed by atoms with Crippen LogP contribution in [0.15, 0.2) is 57.6 Å². The Balaban J connectivity index is 1.53. The quantitative estimate of drug-likeness (QED) is 0.346. The van der Waals surface area contributed by atoms with Gasteiger partial charge in [-0.25, -0.2) is 0 Å². The molecule has 0 aliphatic carbocycles. The number of furan rings is 1. The zero-order valence-corrected chi connectivity index (χ0v) is 17.4. The monoisotopic (exact) mass is 433 g/mol. The minimum atomic E-state index is 0.376. The van der Waals surface area contributed by atoms with E-state index in [1.807, 2.05) is 12.1 Å². The maximum atomic E-state index is 6.25. The Morgan fingerprint density at radius 1 is 1.04 bits per heavy atom. The van der Waals surface area contributed by atoms with E-state index in [-0.39, 0.29) is 0 Å². The van der Waals surface area contributed by atoms with Gasteiger partial charge in [0.1, 0.15) is 5.76 Å². The standard InChI is InChI=1S/C20H17Cl2N3O2S/c1-13-4-6-16(28-13)11-25(10-15-3-2-8-26-15)12-19-23-24-20(27-19)17-7-5-14(21)9-18(17)22/h2-9H,10-12H2,1H3. The van der Waals surface area contributed by atoms with Gasteiger partial charge >= 0.3 is 0 Å². The molecule has 0 aliphatic heterocycles. The molecular weight excluding hydrogens is 417 g/mol. The van der Waals surface area contributed by atoms with Gasteiger partial charge < -0.3 is 8.83 Å². The summed E-state index contributed by atoms with van der Waals surface area (Å²) in [5.41, 5.74) is 0.663. The topological polar surface area (TPSA) is 55.3 Å². The van der Waals surface area contributed by atoms with Crippen LogP contribution in [0.25, 0.3) is 11.5 Å². The minimum Gasteiger partial charge on any atom is -0.468 e. The highest BCUT2D eigenvalue weighted by Crippen LogP contribution is 2.30. The third kappa shape index (κ3) is 4.64. The molecule has 0 amide bonds. The van der Waals surface area contributed by atoms with Crippen molar-refractivity contribution < 1.29 is 8.83 Å². The number of hydrogen-bond donors (Lipinski definition) is 0. The molecule has 144 valence electrons. The van der Waals surface area contributed by atoms with E-state index >= 15 is 0 Å². The molecule has 28 heavy (non-hydrogen) atoms. The normalized spacial score (nSPS) is 11.4. The molecule has 0 bridgehead atoms. The molecular formula is C20H17Cl2N3O2S. The van der Waals surface area contributed by atoms with Crippen molar-refractivity contribution in [3.8, 4) is 11.5 Å². The Labute approximate surface area is 176 Å². The van der Waals surface area contributed by atoms with Crippen LogP contribution >= 0.6 is 34.5 Å². The van der Waals surface area contributed by atoms with Gasteiger partial charge in [0.2, 0.25) is 11.8 Å². The summed E-state index contributed by atoms with van der Waals surface area (Å²) >= 11 is 14.0. The highest BCUT2D eigenvalue weighted by Gasteiger charge is 2.17. The van der Waals surface area contributed by atoms with Crippen molar-refractivity contribution in [3.05, 3.63) is 80.2 Å². The van der Waals surface area contributed by atoms with Gasteiger partial charge in [0, 0.05) is 21.3 Å². The second-order valence-electron chi connectivity index (χ2n) is 6.36. The summed E-state index contributed by atoms with van der Waals surface area (Å²) in [6.07, 6.45) is 1.68. The molecule has 3 aromatic heterocycles. The highest BCUT2D eigenvalue weighted by atomic mass is 35.5. The lowest BCUT2D eigenvalue weighted by Crippen LogP contribution is -2.21. The van der Waals surface area contributed by atoms with E-state index in [4.69, 9.17) is 32.0 Å². The van der Waals surface area contributed by atoms with Crippen LogP contribution in [-0.4, -0.2) is 15.1 Å². The minimum absolute atomic E-state index is 0.376. The molecule has 0 aliphatic rings. The van der Waals surface area contributed by atoms with Crippen molar-refractivity contribution in [2.45, 2.75) is 26.6 Å². The van der Waals surface area contributed by atoms with Gasteiger partial charge in [0.15, 0.2) is 0 Å². The summed E-state index contributed by atoms with van der Waals surface area (Å²) in [5.74, 6) is 1.77. The summed E-state index contributed by atoms with van der Waals surface area (Å²) in [7, 11) is 0. The predicted molar refractivity (Wildman–Crippen MR) is 110 cm³/mol. The Kier molecular flexibility index (Phi) is 5.82. The molecule has 0 atom stereocenters. The molecule has 3 heterocycles. The third-order valence-electron chi connectivity index (χ3n) is 4.12. The number of thiophene rings is 1. The number of aryl methyl sites for hydroxylation is 1. The van der Waals surface area contributed by atoms with E-state index in [2.05, 4.69) is 34.2 Å². The first kappa shape index (κ1) is 19.2. The fraction of sp³-hybridized carbons (Fsp3) is 0.200. The molecule has 8 heteroatoms. The Bertz CT molecular complexity index is 1060. The van der Waals surface area contributed by atoms with Gasteiger partial charge in [0.05, 0.1) is 29.9 Å². The number of hydrogen-bond acceptors (Lipinski definition) is 6. The number of benzene rings is 1. The molecule has 0 unspecified atom stereocenters. The fourth-order valence-electron chi connectivity index (χ4n) is 2.86. The predicted octanol–water partition coefficient (Wildman–Crippen LogP) is 6.21. The Morgan fingerprint density at radius 2 is 1.93 bits per heavy atom. The van der Waals surface area contributed by atoms with Gasteiger partial charge in [-0.1, -0.05) is 23.2 Å². The lowest BCUT2D eigenvalue weighted by Gasteiger charge is -2.18. The molecule has 0 saturated carbocycles. The van der Waals surface area contributed by atoms with Crippen molar-refractivity contribution in [1.29, 1.82) is 0 Å². The van der Waals surface area contributed by atoms with Crippen LogP contribution in [-0.2, 0) is 19.6 Å². The van der Waals surface area contributed by atoms with Gasteiger partial charge in [-0.05, 0) is 49.4 Å². The first-order valence-corrected chi connectivity index (χ1v) is 10.2. The van der Waals surface area contributed by atoms with E-state index in [0.717, 1.165) is 12.3 Å². The maximum Gasteiger partial charge on any atom is 0.249 e. The van der Waals surface area contributed by atoms with Crippen molar-refractivity contribution in [1.82, 2.24) is 15.1 Å². The van der Waals surface area contributed by atoms with Crippen LogP contribution in [0.5, 0.6) is 0 Å². The van der Waals surface area contributed by atoms with Crippen molar-refractivity contribution in [2.75, 3.05) is 0 Å². The molecule has 4 rings (SSSR count). The van der Waals surface area contributed by atoms with E-state index in [1.165, 1.54) is 9.75 Å². The van der Waals surface area contributed by atoms with E-state index in [9.17, 15) is 0 Å². The summed E-state index contributed by atoms with van der Waals surface area (Å²) in [6, 6.07) is 13.3. The Hall–Kier alpha value is -2.12. The van der Waals surface area contributed by atoms with Gasteiger partial charge in [-0.2, -0.15) is 0 Å². The third-order valence-corrected chi connectivity index (χ3v) is 5.66. The molecule has 1 aromatic carbocycles. The molecule has 0 radical (unpaired) electrons. The summed E-state index contributed by atoms with van der Waals surface area (Å²) in [6.45, 7) is 4.00. The zero-order chi connectivity index (χ0) is 19.5. The van der Waals surface area contributed by atoms with Crippen molar-refractivity contribution >= 4 is 34.5 Å². The van der Waals surface area contributed by atoms with Crippen LogP contribution in [0.2, 0.25) is 10.0 Å². The number of nitrogens with zero attached hydrogens (tertiary/aromatic N) is 3. The van der Waals surface area contributed by atoms with Gasteiger partial charge in [-0.3, -0.25) is 4.90 Å². The lowest BCUT2D eigenvalue weighted by molar-refractivity contribution is 0.208. The lowest BCUT2D eigenvalue weighted by atomic mass is 10.2. The molecule has 0 N–H and O–H groups in total. The number of rotatable bonds is 7. The summed E-state index contributed by atoms with van der Waals surface area (Å²) in [4.78, 5) is 4.75. The molecule has 0 fully saturated rings. The maximum absolute atomic E-state index is 6.25. The van der Waals surface area contributed by atoms with Crippen LogP contribution in [0.3, 0.4) is 0 Å². The van der Waals surface area contributed by atoms with Crippen molar-refractivity contribution in [2.24, 2.45) is 0 Å². The molecule has 0 saturated heterocycles. The second kappa shape index (κ2) is 8.49. The molecule has 0 spiro atoms. The Morgan fingerprint density at radius 3 is 2.64 bits per heavy atom. The molecule has 4 aromatic rings. The van der Waals surface area contributed by atoms with E-state index in [1.54, 1.807) is 35.8 Å². The van der Waals surface area contributed by atoms with Crippen LogP contribution in [0, 0.1) is 6.92 Å². The van der Waals surface area contributed by atoms with Gasteiger partial charge in [-0.15, -0.1) is 21.5 Å². The fourth-order valence-corrected chi connectivity index (χ4v) is 4.28.